The fourth-order valence-corrected chi connectivity index (χ4v) is 2.95. The molecule has 0 bridgehead atoms. The van der Waals surface area contributed by atoms with E-state index in [0.717, 1.165) is 32.5 Å². The van der Waals surface area contributed by atoms with Crippen LogP contribution < -0.4 is 15.5 Å². The van der Waals surface area contributed by atoms with Gasteiger partial charge >= 0.3 is 0 Å². The average molecular weight is 259 g/mol. The molecule has 2 heterocycles. The molecule has 1 amide bonds. The number of hydrogen-bond acceptors (Lipinski definition) is 3. The van der Waals surface area contributed by atoms with Gasteiger partial charge in [0.05, 0.1) is 0 Å². The lowest BCUT2D eigenvalue weighted by atomic mass is 10.1. The highest BCUT2D eigenvalue weighted by Crippen LogP contribution is 2.27. The maximum Gasteiger partial charge on any atom is 0.220 e. The minimum Gasteiger partial charge on any atom is -0.374 e. The van der Waals surface area contributed by atoms with Crippen LogP contribution in [0.2, 0.25) is 0 Å². The van der Waals surface area contributed by atoms with Crippen LogP contribution in [0.5, 0.6) is 0 Å². The molecule has 1 fully saturated rings. The van der Waals surface area contributed by atoms with E-state index in [1.165, 1.54) is 16.8 Å². The molecular formula is C15H21N3O. The molecule has 2 N–H and O–H groups in total. The third-order valence-electron chi connectivity index (χ3n) is 4.08. The standard InChI is InChI=1S/C15H21N3O/c1-18-7-6-12-8-11(2-4-14(12)18)9-16-10-13-3-5-15(19)17-13/h2,4,8,13,16H,3,5-7,9-10H2,1H3,(H,17,19). The van der Waals surface area contributed by atoms with Crippen molar-refractivity contribution in [3.8, 4) is 0 Å². The van der Waals surface area contributed by atoms with Crippen molar-refractivity contribution in [3.63, 3.8) is 0 Å². The van der Waals surface area contributed by atoms with Crippen LogP contribution in [0.4, 0.5) is 5.69 Å². The number of amides is 1. The minimum absolute atomic E-state index is 0.187. The summed E-state index contributed by atoms with van der Waals surface area (Å²) < 4.78 is 0. The highest BCUT2D eigenvalue weighted by atomic mass is 16.1. The molecule has 0 aliphatic carbocycles. The van der Waals surface area contributed by atoms with Crippen molar-refractivity contribution < 1.29 is 4.79 Å². The molecule has 1 aromatic carbocycles. The number of benzene rings is 1. The summed E-state index contributed by atoms with van der Waals surface area (Å²) in [5, 5.41) is 6.42. The number of carbonyl (C=O) groups is 1. The Bertz CT molecular complexity index is 486. The van der Waals surface area contributed by atoms with Gasteiger partial charge < -0.3 is 15.5 Å². The number of likely N-dealkylation sites (N-methyl/N-ethyl adjacent to an activating group) is 1. The molecule has 1 saturated heterocycles. The summed E-state index contributed by atoms with van der Waals surface area (Å²) in [6.07, 6.45) is 2.79. The second kappa shape index (κ2) is 5.21. The van der Waals surface area contributed by atoms with Gasteiger partial charge in [0.1, 0.15) is 0 Å². The summed E-state index contributed by atoms with van der Waals surface area (Å²) in [5.74, 6) is 0.187. The Labute approximate surface area is 114 Å². The van der Waals surface area contributed by atoms with Crippen molar-refractivity contribution in [2.75, 3.05) is 25.0 Å². The normalized spacial score (nSPS) is 21.6. The number of rotatable bonds is 4. The number of carbonyl (C=O) groups excluding carboxylic acids is 1. The Morgan fingerprint density at radius 1 is 1.42 bits per heavy atom. The summed E-state index contributed by atoms with van der Waals surface area (Å²) in [7, 11) is 2.15. The van der Waals surface area contributed by atoms with Gasteiger partial charge in [-0.1, -0.05) is 12.1 Å². The topological polar surface area (TPSA) is 44.4 Å². The van der Waals surface area contributed by atoms with Crippen LogP contribution >= 0.6 is 0 Å². The van der Waals surface area contributed by atoms with Gasteiger partial charge in [0, 0.05) is 44.8 Å². The number of nitrogens with one attached hydrogen (secondary N) is 2. The molecule has 3 rings (SSSR count). The molecule has 102 valence electrons. The van der Waals surface area contributed by atoms with E-state index in [2.05, 4.69) is 40.8 Å². The van der Waals surface area contributed by atoms with Gasteiger partial charge in [-0.15, -0.1) is 0 Å². The molecule has 1 atom stereocenters. The first-order valence-corrected chi connectivity index (χ1v) is 7.05. The third kappa shape index (κ3) is 2.73. The molecule has 2 aliphatic heterocycles. The fourth-order valence-electron chi connectivity index (χ4n) is 2.95. The number of hydrogen-bond donors (Lipinski definition) is 2. The maximum absolute atomic E-state index is 11.1. The zero-order valence-electron chi connectivity index (χ0n) is 11.4. The van der Waals surface area contributed by atoms with Crippen LogP contribution in [0.1, 0.15) is 24.0 Å². The maximum atomic E-state index is 11.1. The summed E-state index contributed by atoms with van der Waals surface area (Å²) in [5.41, 5.74) is 4.15. The van der Waals surface area contributed by atoms with E-state index in [4.69, 9.17) is 0 Å². The van der Waals surface area contributed by atoms with Gasteiger partial charge in [-0.3, -0.25) is 4.79 Å². The first-order chi connectivity index (χ1) is 9.22. The lowest BCUT2D eigenvalue weighted by Crippen LogP contribution is -2.35. The molecule has 1 unspecified atom stereocenters. The van der Waals surface area contributed by atoms with E-state index in [1.807, 2.05) is 0 Å². The van der Waals surface area contributed by atoms with Crippen molar-refractivity contribution >= 4 is 11.6 Å². The monoisotopic (exact) mass is 259 g/mol. The van der Waals surface area contributed by atoms with Crippen LogP contribution in [-0.4, -0.2) is 32.1 Å². The van der Waals surface area contributed by atoms with Crippen LogP contribution in [-0.2, 0) is 17.8 Å². The minimum atomic E-state index is 0.187. The van der Waals surface area contributed by atoms with Crippen molar-refractivity contribution in [1.29, 1.82) is 0 Å². The zero-order valence-corrected chi connectivity index (χ0v) is 11.4. The van der Waals surface area contributed by atoms with E-state index < -0.39 is 0 Å². The Hall–Kier alpha value is -1.55. The predicted octanol–water partition coefficient (Wildman–Crippen LogP) is 1.05. The van der Waals surface area contributed by atoms with E-state index >= 15 is 0 Å². The average Bonchev–Trinajstić information content (AvgIpc) is 2.97. The van der Waals surface area contributed by atoms with Crippen molar-refractivity contribution in [3.05, 3.63) is 29.3 Å². The highest BCUT2D eigenvalue weighted by Gasteiger charge is 2.20. The molecular weight excluding hydrogens is 238 g/mol. The Morgan fingerprint density at radius 3 is 3.11 bits per heavy atom. The van der Waals surface area contributed by atoms with Crippen LogP contribution in [0, 0.1) is 0 Å². The molecule has 4 nitrogen and oxygen atoms in total. The van der Waals surface area contributed by atoms with Crippen LogP contribution in [0.15, 0.2) is 18.2 Å². The lowest BCUT2D eigenvalue weighted by Gasteiger charge is -2.13. The van der Waals surface area contributed by atoms with Gasteiger partial charge in [-0.2, -0.15) is 0 Å². The molecule has 1 aromatic rings. The van der Waals surface area contributed by atoms with Crippen molar-refractivity contribution in [2.24, 2.45) is 0 Å². The molecule has 4 heteroatoms. The van der Waals surface area contributed by atoms with E-state index in [1.54, 1.807) is 0 Å². The quantitative estimate of drug-likeness (QED) is 0.849. The molecule has 2 aliphatic rings. The van der Waals surface area contributed by atoms with E-state index in [9.17, 15) is 4.79 Å². The van der Waals surface area contributed by atoms with Gasteiger partial charge in [0.2, 0.25) is 5.91 Å². The molecule has 0 saturated carbocycles. The molecule has 19 heavy (non-hydrogen) atoms. The first kappa shape index (κ1) is 12.5. The second-order valence-electron chi connectivity index (χ2n) is 5.57. The third-order valence-corrected chi connectivity index (χ3v) is 4.08. The van der Waals surface area contributed by atoms with Gasteiger partial charge in [-0.25, -0.2) is 0 Å². The van der Waals surface area contributed by atoms with E-state index in [0.29, 0.717) is 12.5 Å². The van der Waals surface area contributed by atoms with Crippen molar-refractivity contribution in [1.82, 2.24) is 10.6 Å². The fraction of sp³-hybridized carbons (Fsp3) is 0.533. The largest absolute Gasteiger partial charge is 0.374 e. The smallest absolute Gasteiger partial charge is 0.220 e. The summed E-state index contributed by atoms with van der Waals surface area (Å²) in [4.78, 5) is 13.4. The Kier molecular flexibility index (Phi) is 3.42. The van der Waals surface area contributed by atoms with Crippen LogP contribution in [0.3, 0.4) is 0 Å². The first-order valence-electron chi connectivity index (χ1n) is 7.05. The lowest BCUT2D eigenvalue weighted by molar-refractivity contribution is -0.119. The number of nitrogens with zero attached hydrogens (tertiary/aromatic N) is 1. The molecule has 0 aromatic heterocycles. The van der Waals surface area contributed by atoms with Crippen molar-refractivity contribution in [2.45, 2.75) is 31.8 Å². The van der Waals surface area contributed by atoms with E-state index in [-0.39, 0.29) is 5.91 Å². The highest BCUT2D eigenvalue weighted by molar-refractivity contribution is 5.78. The van der Waals surface area contributed by atoms with Gasteiger partial charge in [-0.05, 0) is 30.0 Å². The summed E-state index contributed by atoms with van der Waals surface area (Å²) in [6.45, 7) is 2.87. The van der Waals surface area contributed by atoms with Crippen LogP contribution in [0.25, 0.3) is 0 Å². The predicted molar refractivity (Wildman–Crippen MR) is 76.3 cm³/mol. The molecule has 0 radical (unpaired) electrons. The second-order valence-corrected chi connectivity index (χ2v) is 5.57. The summed E-state index contributed by atoms with van der Waals surface area (Å²) in [6, 6.07) is 7.03. The zero-order chi connectivity index (χ0) is 13.2. The number of fused-ring (bicyclic) bond motifs is 1. The number of anilines is 1. The van der Waals surface area contributed by atoms with Gasteiger partial charge in [0.25, 0.3) is 0 Å². The Morgan fingerprint density at radius 2 is 2.32 bits per heavy atom. The molecule has 0 spiro atoms. The summed E-state index contributed by atoms with van der Waals surface area (Å²) >= 11 is 0. The van der Waals surface area contributed by atoms with Gasteiger partial charge in [0.15, 0.2) is 0 Å². The Balaban J connectivity index is 1.52. The SMILES string of the molecule is CN1CCc2cc(CNCC3CCC(=O)N3)ccc21.